The van der Waals surface area contributed by atoms with E-state index in [1.807, 2.05) is 6.08 Å². The molecule has 0 spiro atoms. The van der Waals surface area contributed by atoms with Crippen LogP contribution in [-0.4, -0.2) is 38.9 Å². The van der Waals surface area contributed by atoms with Gasteiger partial charge in [-0.15, -0.1) is 10.2 Å². The van der Waals surface area contributed by atoms with Gasteiger partial charge in [0.1, 0.15) is 5.82 Å². The Balaban J connectivity index is 1.52. The Morgan fingerprint density at radius 2 is 1.95 bits per heavy atom. The molecule has 1 unspecified atom stereocenters. The van der Waals surface area contributed by atoms with Gasteiger partial charge in [-0.2, -0.15) is 13.2 Å². The molecule has 6 rings (SSSR count). The van der Waals surface area contributed by atoms with Crippen LogP contribution < -0.4 is 4.90 Å². The smallest absolute Gasteiger partial charge is 0.415 e. The van der Waals surface area contributed by atoms with E-state index in [4.69, 9.17) is 14.1 Å². The SMILES string of the molecule is O=[N+]([O-])c1cc(C2=CCCCC2)c2nc1-c1nnc(o1)C(OCc1ccccc1)(C(F)(F)F)CC/C=C\C[C@@H]1CCCN21. The number of anilines is 1. The first kappa shape index (κ1) is 29.0. The monoisotopic (exact) mass is 595 g/mol. The van der Waals surface area contributed by atoms with E-state index in [0.717, 1.165) is 44.1 Å². The molecule has 2 aliphatic heterocycles. The lowest BCUT2D eigenvalue weighted by Crippen LogP contribution is -2.45. The van der Waals surface area contributed by atoms with Gasteiger partial charge in [-0.3, -0.25) is 10.1 Å². The lowest BCUT2D eigenvalue weighted by atomic mass is 9.93. The fourth-order valence-electron chi connectivity index (χ4n) is 6.19. The molecule has 12 heteroatoms. The Bertz CT molecular complexity index is 1540. The number of rotatable bonds is 5. The van der Waals surface area contributed by atoms with E-state index >= 15 is 0 Å². The van der Waals surface area contributed by atoms with E-state index in [-0.39, 0.29) is 24.8 Å². The first-order valence-electron chi connectivity index (χ1n) is 14.7. The Kier molecular flexibility index (Phi) is 8.04. The van der Waals surface area contributed by atoms with E-state index in [1.165, 1.54) is 6.07 Å². The fourth-order valence-corrected chi connectivity index (χ4v) is 6.19. The zero-order chi connectivity index (χ0) is 30.0. The van der Waals surface area contributed by atoms with Crippen molar-refractivity contribution >= 4 is 17.1 Å². The van der Waals surface area contributed by atoms with Gasteiger partial charge in [-0.1, -0.05) is 48.6 Å². The van der Waals surface area contributed by atoms with Crippen molar-refractivity contribution in [3.8, 4) is 11.6 Å². The maximum absolute atomic E-state index is 15.0. The van der Waals surface area contributed by atoms with Gasteiger partial charge < -0.3 is 14.1 Å². The second kappa shape index (κ2) is 11.9. The van der Waals surface area contributed by atoms with Gasteiger partial charge in [0, 0.05) is 24.2 Å². The summed E-state index contributed by atoms with van der Waals surface area (Å²) in [5, 5.41) is 20.0. The van der Waals surface area contributed by atoms with Crippen molar-refractivity contribution in [3.05, 3.63) is 81.8 Å². The first-order valence-corrected chi connectivity index (χ1v) is 14.7. The summed E-state index contributed by atoms with van der Waals surface area (Å²) in [5.74, 6) is -0.705. The van der Waals surface area contributed by atoms with E-state index in [9.17, 15) is 23.3 Å². The van der Waals surface area contributed by atoms with Crippen molar-refractivity contribution in [3.63, 3.8) is 0 Å². The van der Waals surface area contributed by atoms with Crippen LogP contribution in [0.3, 0.4) is 0 Å². The number of alkyl halides is 3. The van der Waals surface area contributed by atoms with E-state index in [0.29, 0.717) is 29.9 Å². The average molecular weight is 596 g/mol. The highest BCUT2D eigenvalue weighted by atomic mass is 19.4. The molecule has 4 heterocycles. The van der Waals surface area contributed by atoms with Crippen LogP contribution in [0.1, 0.15) is 74.8 Å². The molecule has 1 aromatic carbocycles. The van der Waals surface area contributed by atoms with Crippen molar-refractivity contribution in [2.75, 3.05) is 11.4 Å². The molecule has 3 aromatic rings. The number of ether oxygens (including phenoxy) is 1. The van der Waals surface area contributed by atoms with Gasteiger partial charge in [0.05, 0.1) is 11.5 Å². The number of hydrogen-bond acceptors (Lipinski definition) is 8. The number of allylic oxidation sites excluding steroid dienone is 3. The van der Waals surface area contributed by atoms with Crippen LogP contribution in [0.5, 0.6) is 0 Å². The molecular formula is C31H32F3N5O4. The maximum Gasteiger partial charge on any atom is 0.426 e. The van der Waals surface area contributed by atoms with Gasteiger partial charge in [-0.25, -0.2) is 4.98 Å². The van der Waals surface area contributed by atoms with Gasteiger partial charge in [0.15, 0.2) is 0 Å². The third kappa shape index (κ3) is 5.67. The Morgan fingerprint density at radius 3 is 2.70 bits per heavy atom. The molecule has 1 fully saturated rings. The summed E-state index contributed by atoms with van der Waals surface area (Å²) in [7, 11) is 0. The number of fused-ring (bicyclic) bond motifs is 7. The molecular weight excluding hydrogens is 563 g/mol. The molecule has 1 saturated heterocycles. The van der Waals surface area contributed by atoms with Crippen LogP contribution in [0.2, 0.25) is 0 Å². The predicted molar refractivity (Wildman–Crippen MR) is 153 cm³/mol. The normalized spacial score (nSPS) is 23.3. The highest BCUT2D eigenvalue weighted by Crippen LogP contribution is 2.48. The summed E-state index contributed by atoms with van der Waals surface area (Å²) in [6, 6.07) is 10.0. The summed E-state index contributed by atoms with van der Waals surface area (Å²) in [6.45, 7) is 0.355. The molecule has 1 aliphatic carbocycles. The van der Waals surface area contributed by atoms with Crippen LogP contribution >= 0.6 is 0 Å². The number of benzene rings is 1. The van der Waals surface area contributed by atoms with Crippen molar-refractivity contribution in [2.45, 2.75) is 82.2 Å². The number of hydrogen-bond donors (Lipinski definition) is 0. The van der Waals surface area contributed by atoms with E-state index in [2.05, 4.69) is 21.2 Å². The molecule has 2 atom stereocenters. The Hall–Kier alpha value is -4.06. The minimum atomic E-state index is -4.93. The molecule has 226 valence electrons. The molecule has 43 heavy (non-hydrogen) atoms. The molecule has 9 nitrogen and oxygen atoms in total. The summed E-state index contributed by atoms with van der Waals surface area (Å²) >= 11 is 0. The van der Waals surface area contributed by atoms with Gasteiger partial charge in [0.2, 0.25) is 11.3 Å². The lowest BCUT2D eigenvalue weighted by Gasteiger charge is -2.32. The minimum absolute atomic E-state index is 0.0422. The topological polar surface area (TPSA) is 107 Å². The van der Waals surface area contributed by atoms with E-state index < -0.39 is 40.6 Å². The highest BCUT2D eigenvalue weighted by molar-refractivity contribution is 5.81. The predicted octanol–water partition coefficient (Wildman–Crippen LogP) is 7.68. The standard InChI is InChI=1S/C31H32F3N5O4/c32-31(33,34)30(42-20-21-11-4-1-5-12-21)17-9-3-8-15-23-16-10-18-38(23)27-24(22-13-6-2-7-14-22)19-25(39(40)41)26(35-27)28-36-37-29(30)43-28/h1,3-5,8,11-13,19,23H,2,6-7,9-10,14-18,20H2/b8-3-/t23-,30?/m1/s1. The zero-order valence-corrected chi connectivity index (χ0v) is 23.6. The molecule has 3 aliphatic rings. The summed E-state index contributed by atoms with van der Waals surface area (Å²) in [4.78, 5) is 18.7. The van der Waals surface area contributed by atoms with Crippen molar-refractivity contribution in [1.29, 1.82) is 0 Å². The van der Waals surface area contributed by atoms with Crippen LogP contribution in [0.4, 0.5) is 24.7 Å². The highest BCUT2D eigenvalue weighted by Gasteiger charge is 2.61. The number of halogens is 3. The average Bonchev–Trinajstić information content (AvgIpc) is 3.68. The van der Waals surface area contributed by atoms with Gasteiger partial charge >= 0.3 is 11.9 Å². The third-order valence-corrected chi connectivity index (χ3v) is 8.46. The maximum atomic E-state index is 15.0. The number of nitro groups is 1. The van der Waals surface area contributed by atoms with Gasteiger partial charge in [0.25, 0.3) is 11.8 Å². The van der Waals surface area contributed by atoms with Crippen molar-refractivity contribution in [1.82, 2.24) is 15.2 Å². The van der Waals surface area contributed by atoms with E-state index in [1.54, 1.807) is 36.4 Å². The Labute approximate surface area is 246 Å². The third-order valence-electron chi connectivity index (χ3n) is 8.46. The lowest BCUT2D eigenvalue weighted by molar-refractivity contribution is -0.384. The number of aromatic nitrogens is 3. The Morgan fingerprint density at radius 1 is 1.12 bits per heavy atom. The number of nitrogens with zero attached hydrogens (tertiary/aromatic N) is 5. The fraction of sp³-hybridized carbons (Fsp3) is 0.452. The second-order valence-corrected chi connectivity index (χ2v) is 11.2. The van der Waals surface area contributed by atoms with Gasteiger partial charge in [-0.05, 0) is 68.9 Å². The minimum Gasteiger partial charge on any atom is -0.415 e. The largest absolute Gasteiger partial charge is 0.426 e. The summed E-state index contributed by atoms with van der Waals surface area (Å²) in [6.07, 6.45) is 6.36. The van der Waals surface area contributed by atoms with Crippen LogP contribution in [-0.2, 0) is 16.9 Å². The van der Waals surface area contributed by atoms with Crippen LogP contribution in [0.25, 0.3) is 17.2 Å². The van der Waals surface area contributed by atoms with Crippen molar-refractivity contribution < 1.29 is 27.2 Å². The molecule has 4 bridgehead atoms. The molecule has 2 aromatic heterocycles. The number of pyridine rings is 1. The molecule has 0 radical (unpaired) electrons. The van der Waals surface area contributed by atoms with Crippen LogP contribution in [0.15, 0.2) is 59.0 Å². The molecule has 0 N–H and O–H groups in total. The second-order valence-electron chi connectivity index (χ2n) is 11.2. The molecule has 0 amide bonds. The quantitative estimate of drug-likeness (QED) is 0.168. The van der Waals surface area contributed by atoms with Crippen molar-refractivity contribution in [2.24, 2.45) is 0 Å². The summed E-state index contributed by atoms with van der Waals surface area (Å²) in [5.41, 5.74) is -1.39. The van der Waals surface area contributed by atoms with Crippen LogP contribution in [0, 0.1) is 10.1 Å². The zero-order valence-electron chi connectivity index (χ0n) is 23.6. The molecule has 0 saturated carbocycles. The summed E-state index contributed by atoms with van der Waals surface area (Å²) < 4.78 is 56.3. The first-order chi connectivity index (χ1) is 20.8.